The maximum absolute atomic E-state index is 12.4. The van der Waals surface area contributed by atoms with E-state index in [1.165, 1.54) is 289 Å². The van der Waals surface area contributed by atoms with Gasteiger partial charge in [0.05, 0.1) is 25.4 Å². The lowest BCUT2D eigenvalue weighted by Gasteiger charge is -2.20. The minimum absolute atomic E-state index is 0.0185. The summed E-state index contributed by atoms with van der Waals surface area (Å²) in [5.74, 6) is -0.0522. The number of allylic oxidation sites excluding steroid dienone is 3. The lowest BCUT2D eigenvalue weighted by molar-refractivity contribution is -0.143. The van der Waals surface area contributed by atoms with Crippen molar-refractivity contribution in [2.24, 2.45) is 0 Å². The van der Waals surface area contributed by atoms with Crippen LogP contribution in [-0.4, -0.2) is 47.4 Å². The predicted molar refractivity (Wildman–Crippen MR) is 310 cm³/mol. The molecule has 0 aromatic carbocycles. The van der Waals surface area contributed by atoms with Gasteiger partial charge in [-0.2, -0.15) is 0 Å². The summed E-state index contributed by atoms with van der Waals surface area (Å²) < 4.78 is 5.50. The van der Waals surface area contributed by atoms with Crippen molar-refractivity contribution >= 4 is 11.9 Å². The van der Waals surface area contributed by atoms with Gasteiger partial charge in [-0.1, -0.05) is 308 Å². The van der Waals surface area contributed by atoms with Gasteiger partial charge >= 0.3 is 5.97 Å². The van der Waals surface area contributed by atoms with Gasteiger partial charge in [0.1, 0.15) is 0 Å². The summed E-state index contributed by atoms with van der Waals surface area (Å²) in [5, 5.41) is 23.0. The van der Waals surface area contributed by atoms with E-state index in [4.69, 9.17) is 4.74 Å². The Kier molecular flexibility index (Phi) is 59.5. The molecule has 0 aliphatic heterocycles. The van der Waals surface area contributed by atoms with Gasteiger partial charge in [0.15, 0.2) is 0 Å². The molecule has 0 heterocycles. The Morgan fingerprint density at radius 3 is 1.00 bits per heavy atom. The second-order valence-electron chi connectivity index (χ2n) is 22.1. The Bertz CT molecular complexity index is 1110. The minimum atomic E-state index is -0.843. The quantitative estimate of drug-likeness (QED) is 0.0320. The van der Waals surface area contributed by atoms with Crippen LogP contribution in [0.2, 0.25) is 0 Å². The van der Waals surface area contributed by atoms with Gasteiger partial charge in [-0.25, -0.2) is 0 Å². The van der Waals surface area contributed by atoms with Crippen LogP contribution in [0.4, 0.5) is 0 Å². The fourth-order valence-corrected chi connectivity index (χ4v) is 10.0. The summed E-state index contributed by atoms with van der Waals surface area (Å²) in [6.45, 7) is 4.91. The third-order valence-corrected chi connectivity index (χ3v) is 15.0. The first-order valence-corrected chi connectivity index (χ1v) is 32.1. The molecular weight excluding hydrogens is 875 g/mol. The first-order chi connectivity index (χ1) is 35.0. The van der Waals surface area contributed by atoms with Crippen molar-refractivity contribution in [2.75, 3.05) is 13.2 Å². The number of carbonyl (C=O) groups excluding carboxylic acids is 2. The average Bonchev–Trinajstić information content (AvgIpc) is 3.37. The third kappa shape index (κ3) is 57.5. The molecule has 0 aliphatic carbocycles. The van der Waals surface area contributed by atoms with Crippen LogP contribution in [0.15, 0.2) is 24.3 Å². The van der Waals surface area contributed by atoms with Gasteiger partial charge in [-0.05, 0) is 57.8 Å². The number of ether oxygens (including phenoxy) is 1. The van der Waals surface area contributed by atoms with E-state index < -0.39 is 12.1 Å². The van der Waals surface area contributed by atoms with E-state index in [9.17, 15) is 19.8 Å². The van der Waals surface area contributed by atoms with E-state index in [1.54, 1.807) is 6.08 Å². The van der Waals surface area contributed by atoms with E-state index in [0.29, 0.717) is 19.4 Å². The number of nitrogens with one attached hydrogen (secondary N) is 1. The van der Waals surface area contributed by atoms with Crippen LogP contribution in [0.5, 0.6) is 0 Å². The summed E-state index contributed by atoms with van der Waals surface area (Å²) in [6, 6.07) is -0.627. The van der Waals surface area contributed by atoms with Crippen molar-refractivity contribution in [3.63, 3.8) is 0 Å². The van der Waals surface area contributed by atoms with E-state index in [0.717, 1.165) is 38.5 Å². The molecule has 6 nitrogen and oxygen atoms in total. The number of aliphatic hydroxyl groups excluding tert-OH is 2. The summed E-state index contributed by atoms with van der Waals surface area (Å²) in [7, 11) is 0. The zero-order valence-corrected chi connectivity index (χ0v) is 48.0. The summed E-state index contributed by atoms with van der Waals surface area (Å²) >= 11 is 0. The maximum atomic E-state index is 12.4. The second kappa shape index (κ2) is 60.9. The minimum Gasteiger partial charge on any atom is -0.466 e. The Morgan fingerprint density at radius 1 is 0.380 bits per heavy atom. The van der Waals surface area contributed by atoms with Crippen molar-refractivity contribution in [2.45, 2.75) is 366 Å². The zero-order valence-electron chi connectivity index (χ0n) is 48.0. The molecule has 6 heteroatoms. The van der Waals surface area contributed by atoms with Crippen molar-refractivity contribution in [1.82, 2.24) is 5.32 Å². The number of unbranched alkanes of at least 4 members (excludes halogenated alkanes) is 47. The number of amides is 1. The molecule has 0 aliphatic rings. The molecule has 0 spiro atoms. The SMILES string of the molecule is CCCCCCCCCC/C=C/C(O)C(CO)NC(=O)CCCCCCCCCCCC/C=C\CCCCCCCCCCCCCCOC(=O)CCCCCCCCCCCCCCCCCCCC. The number of aliphatic hydroxyl groups is 2. The van der Waals surface area contributed by atoms with E-state index in [-0.39, 0.29) is 18.5 Å². The Morgan fingerprint density at radius 2 is 0.662 bits per heavy atom. The summed E-state index contributed by atoms with van der Waals surface area (Å²) in [4.78, 5) is 24.5. The highest BCUT2D eigenvalue weighted by Gasteiger charge is 2.18. The van der Waals surface area contributed by atoms with Gasteiger partial charge in [0, 0.05) is 12.8 Å². The summed E-state index contributed by atoms with van der Waals surface area (Å²) in [5.41, 5.74) is 0. The number of carbonyl (C=O) groups is 2. The predicted octanol–water partition coefficient (Wildman–Crippen LogP) is 20.2. The molecule has 420 valence electrons. The highest BCUT2D eigenvalue weighted by atomic mass is 16.5. The first kappa shape index (κ1) is 69.3. The molecule has 71 heavy (non-hydrogen) atoms. The van der Waals surface area contributed by atoms with Crippen molar-refractivity contribution in [1.29, 1.82) is 0 Å². The molecule has 0 radical (unpaired) electrons. The lowest BCUT2D eigenvalue weighted by atomic mass is 10.0. The zero-order chi connectivity index (χ0) is 51.4. The molecule has 0 saturated heterocycles. The van der Waals surface area contributed by atoms with Crippen LogP contribution in [-0.2, 0) is 14.3 Å². The van der Waals surface area contributed by atoms with Gasteiger partial charge in [0.2, 0.25) is 5.91 Å². The molecule has 0 saturated carbocycles. The largest absolute Gasteiger partial charge is 0.466 e. The molecule has 0 aromatic rings. The average molecular weight is 1000 g/mol. The van der Waals surface area contributed by atoms with Gasteiger partial charge in [-0.15, -0.1) is 0 Å². The van der Waals surface area contributed by atoms with Gasteiger partial charge in [0.25, 0.3) is 0 Å². The van der Waals surface area contributed by atoms with Gasteiger partial charge in [-0.3, -0.25) is 9.59 Å². The molecule has 2 unspecified atom stereocenters. The topological polar surface area (TPSA) is 95.9 Å². The molecular formula is C65H125NO5. The molecule has 3 N–H and O–H groups in total. The van der Waals surface area contributed by atoms with Crippen molar-refractivity contribution in [3.8, 4) is 0 Å². The van der Waals surface area contributed by atoms with Crippen LogP contribution in [0.3, 0.4) is 0 Å². The molecule has 0 rings (SSSR count). The molecule has 2 atom stereocenters. The van der Waals surface area contributed by atoms with E-state index in [2.05, 4.69) is 31.3 Å². The Labute approximate surface area is 443 Å². The van der Waals surface area contributed by atoms with Crippen LogP contribution in [0.1, 0.15) is 354 Å². The molecule has 0 aromatic heterocycles. The van der Waals surface area contributed by atoms with Crippen molar-refractivity contribution < 1.29 is 24.5 Å². The highest BCUT2D eigenvalue weighted by molar-refractivity contribution is 5.76. The molecule has 0 fully saturated rings. The first-order valence-electron chi connectivity index (χ1n) is 32.1. The van der Waals surface area contributed by atoms with Crippen LogP contribution < -0.4 is 5.32 Å². The summed E-state index contributed by atoms with van der Waals surface area (Å²) in [6.07, 6.45) is 75.3. The third-order valence-electron chi connectivity index (χ3n) is 15.0. The smallest absolute Gasteiger partial charge is 0.305 e. The lowest BCUT2D eigenvalue weighted by Crippen LogP contribution is -2.45. The highest BCUT2D eigenvalue weighted by Crippen LogP contribution is 2.18. The second-order valence-corrected chi connectivity index (χ2v) is 22.1. The van der Waals surface area contributed by atoms with Gasteiger partial charge < -0.3 is 20.3 Å². The van der Waals surface area contributed by atoms with Crippen molar-refractivity contribution in [3.05, 3.63) is 24.3 Å². The van der Waals surface area contributed by atoms with E-state index >= 15 is 0 Å². The Balaban J connectivity index is 3.35. The van der Waals surface area contributed by atoms with Crippen LogP contribution >= 0.6 is 0 Å². The standard InChI is InChI=1S/C65H125NO5/c1-3-5-7-9-11-13-15-16-17-18-30-33-36-39-43-47-51-55-59-65(70)71-60-56-52-48-44-40-37-34-31-28-26-24-22-20-19-21-23-25-27-29-32-35-38-42-46-50-54-58-64(69)66-62(61-67)63(68)57-53-49-45-41-14-12-10-8-6-4-2/h19,21,53,57,62-63,67-68H,3-18,20,22-52,54-56,58-61H2,1-2H3,(H,66,69)/b21-19-,57-53+. The fraction of sp³-hybridized carbons (Fsp3) is 0.908. The Hall–Kier alpha value is -1.66. The normalized spacial score (nSPS) is 12.7. The molecule has 0 bridgehead atoms. The van der Waals surface area contributed by atoms with Crippen LogP contribution in [0.25, 0.3) is 0 Å². The monoisotopic (exact) mass is 1000 g/mol. The maximum Gasteiger partial charge on any atom is 0.305 e. The fourth-order valence-electron chi connectivity index (χ4n) is 10.0. The van der Waals surface area contributed by atoms with E-state index in [1.807, 2.05) is 6.08 Å². The van der Waals surface area contributed by atoms with Crippen LogP contribution in [0, 0.1) is 0 Å². The number of esters is 1. The number of rotatable bonds is 60. The number of hydrogen-bond donors (Lipinski definition) is 3. The number of hydrogen-bond acceptors (Lipinski definition) is 5. The molecule has 1 amide bonds.